The van der Waals surface area contributed by atoms with Crippen molar-refractivity contribution in [1.29, 1.82) is 0 Å². The van der Waals surface area contributed by atoms with Crippen LogP contribution in [0.4, 0.5) is 0 Å². The van der Waals surface area contributed by atoms with Crippen LogP contribution >= 0.6 is 35.0 Å². The van der Waals surface area contributed by atoms with Crippen molar-refractivity contribution in [1.82, 2.24) is 0 Å². The van der Waals surface area contributed by atoms with Crippen molar-refractivity contribution >= 4 is 35.0 Å². The van der Waals surface area contributed by atoms with E-state index in [2.05, 4.69) is 19.9 Å². The van der Waals surface area contributed by atoms with Crippen LogP contribution in [-0.2, 0) is 12.8 Å². The summed E-state index contributed by atoms with van der Waals surface area (Å²) in [4.78, 5) is 2.48. The van der Waals surface area contributed by atoms with Gasteiger partial charge in [0.15, 0.2) is 0 Å². The van der Waals surface area contributed by atoms with Crippen LogP contribution in [0.5, 0.6) is 0 Å². The van der Waals surface area contributed by atoms with Crippen LogP contribution in [0, 0.1) is 0 Å². The summed E-state index contributed by atoms with van der Waals surface area (Å²) in [7, 11) is 0. The van der Waals surface area contributed by atoms with Crippen molar-refractivity contribution in [2.24, 2.45) is 0 Å². The maximum atomic E-state index is 6.28. The summed E-state index contributed by atoms with van der Waals surface area (Å²) in [5, 5.41) is 1.64. The maximum absolute atomic E-state index is 6.28. The summed E-state index contributed by atoms with van der Waals surface area (Å²) >= 11 is 14.0. The minimum Gasteiger partial charge on any atom is -0.0898 e. The Morgan fingerprint density at radius 1 is 0.842 bits per heavy atom. The van der Waals surface area contributed by atoms with E-state index in [1.54, 1.807) is 11.8 Å². The highest BCUT2D eigenvalue weighted by atomic mass is 35.5. The Labute approximate surface area is 129 Å². The van der Waals surface area contributed by atoms with Crippen molar-refractivity contribution in [2.45, 2.75) is 36.5 Å². The lowest BCUT2D eigenvalue weighted by Gasteiger charge is -2.14. The first-order chi connectivity index (χ1) is 9.15. The number of halogens is 2. The first-order valence-corrected chi connectivity index (χ1v) is 7.96. The van der Waals surface area contributed by atoms with E-state index in [-0.39, 0.29) is 0 Å². The van der Waals surface area contributed by atoms with Gasteiger partial charge in [0, 0.05) is 19.8 Å². The first-order valence-electron chi connectivity index (χ1n) is 6.39. The fourth-order valence-corrected chi connectivity index (χ4v) is 3.63. The van der Waals surface area contributed by atoms with Crippen LogP contribution in [0.2, 0.25) is 10.0 Å². The smallest absolute Gasteiger partial charge is 0.0441 e. The Morgan fingerprint density at radius 2 is 1.47 bits per heavy atom. The van der Waals surface area contributed by atoms with Gasteiger partial charge in [-0.1, -0.05) is 48.8 Å². The third kappa shape index (κ3) is 3.47. The van der Waals surface area contributed by atoms with Crippen LogP contribution in [0.3, 0.4) is 0 Å². The standard InChI is InChI=1S/C16H16Cl2S/c1-3-13-14(4-2)16(10-9-15(13)18)19-12-7-5-11(17)6-8-12/h5-10H,3-4H2,1-2H3. The molecule has 0 bridgehead atoms. The van der Waals surface area contributed by atoms with Crippen LogP contribution in [-0.4, -0.2) is 0 Å². The molecule has 0 radical (unpaired) electrons. The van der Waals surface area contributed by atoms with Gasteiger partial charge in [0.1, 0.15) is 0 Å². The van der Waals surface area contributed by atoms with E-state index in [4.69, 9.17) is 23.2 Å². The zero-order valence-electron chi connectivity index (χ0n) is 11.0. The number of rotatable bonds is 4. The minimum absolute atomic E-state index is 0.769. The minimum atomic E-state index is 0.769. The van der Waals surface area contributed by atoms with Crippen molar-refractivity contribution < 1.29 is 0 Å². The SMILES string of the molecule is CCc1c(Cl)ccc(Sc2ccc(Cl)cc2)c1CC. The molecule has 0 heterocycles. The Balaban J connectivity index is 2.37. The summed E-state index contributed by atoms with van der Waals surface area (Å²) in [5.41, 5.74) is 2.62. The fourth-order valence-electron chi connectivity index (χ4n) is 2.14. The van der Waals surface area contributed by atoms with Gasteiger partial charge in [-0.05, 0) is 60.4 Å². The molecule has 0 aliphatic heterocycles. The molecule has 19 heavy (non-hydrogen) atoms. The van der Waals surface area contributed by atoms with E-state index in [1.807, 2.05) is 30.3 Å². The van der Waals surface area contributed by atoms with Gasteiger partial charge in [-0.15, -0.1) is 0 Å². The molecule has 0 unspecified atom stereocenters. The Kier molecular flexibility index (Phi) is 5.20. The highest BCUT2D eigenvalue weighted by Gasteiger charge is 2.10. The monoisotopic (exact) mass is 310 g/mol. The quantitative estimate of drug-likeness (QED) is 0.641. The normalized spacial score (nSPS) is 10.7. The van der Waals surface area contributed by atoms with E-state index in [0.29, 0.717) is 0 Å². The van der Waals surface area contributed by atoms with Crippen LogP contribution in [0.1, 0.15) is 25.0 Å². The second-order valence-electron chi connectivity index (χ2n) is 4.27. The van der Waals surface area contributed by atoms with Gasteiger partial charge >= 0.3 is 0 Å². The van der Waals surface area contributed by atoms with Crippen LogP contribution in [0.15, 0.2) is 46.2 Å². The van der Waals surface area contributed by atoms with E-state index in [1.165, 1.54) is 20.9 Å². The van der Waals surface area contributed by atoms with Gasteiger partial charge in [-0.25, -0.2) is 0 Å². The average Bonchev–Trinajstić information content (AvgIpc) is 2.42. The van der Waals surface area contributed by atoms with Gasteiger partial charge in [0.05, 0.1) is 0 Å². The van der Waals surface area contributed by atoms with E-state index < -0.39 is 0 Å². The Hall–Kier alpha value is -0.630. The van der Waals surface area contributed by atoms with Crippen LogP contribution in [0.25, 0.3) is 0 Å². The van der Waals surface area contributed by atoms with Gasteiger partial charge in [-0.3, -0.25) is 0 Å². The number of benzene rings is 2. The van der Waals surface area contributed by atoms with Gasteiger partial charge in [0.2, 0.25) is 0 Å². The predicted octanol–water partition coefficient (Wildman–Crippen LogP) is 6.27. The van der Waals surface area contributed by atoms with Crippen molar-refractivity contribution in [3.63, 3.8) is 0 Å². The Bertz CT molecular complexity index is 562. The summed E-state index contributed by atoms with van der Waals surface area (Å²) in [6.07, 6.45) is 1.97. The molecule has 0 nitrogen and oxygen atoms in total. The molecule has 0 aromatic heterocycles. The van der Waals surface area contributed by atoms with E-state index in [9.17, 15) is 0 Å². The molecule has 2 aromatic carbocycles. The molecule has 0 saturated carbocycles. The van der Waals surface area contributed by atoms with E-state index in [0.717, 1.165) is 22.9 Å². The molecule has 100 valence electrons. The average molecular weight is 311 g/mol. The Morgan fingerprint density at radius 3 is 2.05 bits per heavy atom. The highest BCUT2D eigenvalue weighted by Crippen LogP contribution is 2.35. The molecule has 0 spiro atoms. The van der Waals surface area contributed by atoms with Gasteiger partial charge in [-0.2, -0.15) is 0 Å². The topological polar surface area (TPSA) is 0 Å². The summed E-state index contributed by atoms with van der Waals surface area (Å²) in [5.74, 6) is 0. The molecule has 0 aliphatic carbocycles. The molecule has 2 aromatic rings. The third-order valence-electron chi connectivity index (χ3n) is 3.08. The number of hydrogen-bond donors (Lipinski definition) is 0. The van der Waals surface area contributed by atoms with Gasteiger partial charge in [0.25, 0.3) is 0 Å². The predicted molar refractivity (Wildman–Crippen MR) is 85.8 cm³/mol. The van der Waals surface area contributed by atoms with Crippen molar-refractivity contribution in [2.75, 3.05) is 0 Å². The lowest BCUT2D eigenvalue weighted by Crippen LogP contribution is -1.95. The molecule has 0 N–H and O–H groups in total. The second-order valence-corrected chi connectivity index (χ2v) is 6.22. The summed E-state index contributed by atoms with van der Waals surface area (Å²) in [6.45, 7) is 4.33. The summed E-state index contributed by atoms with van der Waals surface area (Å²) in [6, 6.07) is 12.1. The lowest BCUT2D eigenvalue weighted by atomic mass is 10.0. The molecule has 0 fully saturated rings. The number of hydrogen-bond acceptors (Lipinski definition) is 1. The van der Waals surface area contributed by atoms with Gasteiger partial charge < -0.3 is 0 Å². The fraction of sp³-hybridized carbons (Fsp3) is 0.250. The maximum Gasteiger partial charge on any atom is 0.0441 e. The highest BCUT2D eigenvalue weighted by molar-refractivity contribution is 7.99. The van der Waals surface area contributed by atoms with Crippen molar-refractivity contribution in [3.8, 4) is 0 Å². The molecule has 2 rings (SSSR count). The molecular formula is C16H16Cl2S. The first kappa shape index (κ1) is 14.8. The van der Waals surface area contributed by atoms with Crippen LogP contribution < -0.4 is 0 Å². The molecule has 0 amide bonds. The molecule has 0 saturated heterocycles. The largest absolute Gasteiger partial charge is 0.0898 e. The zero-order chi connectivity index (χ0) is 13.8. The molecule has 0 atom stereocenters. The zero-order valence-corrected chi connectivity index (χ0v) is 13.4. The summed E-state index contributed by atoms with van der Waals surface area (Å²) < 4.78 is 0. The second kappa shape index (κ2) is 6.69. The molecule has 0 aliphatic rings. The van der Waals surface area contributed by atoms with E-state index >= 15 is 0 Å². The lowest BCUT2D eigenvalue weighted by molar-refractivity contribution is 0.997. The third-order valence-corrected chi connectivity index (χ3v) is 4.80. The van der Waals surface area contributed by atoms with Crippen molar-refractivity contribution in [3.05, 3.63) is 57.6 Å². The molecular weight excluding hydrogens is 295 g/mol. The molecule has 3 heteroatoms.